The van der Waals surface area contributed by atoms with Crippen molar-refractivity contribution in [1.82, 2.24) is 4.98 Å². The molecule has 1 amide bonds. The molecule has 0 saturated heterocycles. The molecule has 5 nitrogen and oxygen atoms in total. The molecule has 0 aliphatic rings. The number of nitrogen functional groups attached to an aromatic ring is 1. The fourth-order valence-electron chi connectivity index (χ4n) is 0.909. The zero-order valence-corrected chi connectivity index (χ0v) is 8.34. The van der Waals surface area contributed by atoms with Crippen LogP contribution in [0.4, 0.5) is 5.82 Å². The van der Waals surface area contributed by atoms with Crippen LogP contribution in [0.15, 0.2) is 6.07 Å². The van der Waals surface area contributed by atoms with Crippen molar-refractivity contribution in [2.45, 2.75) is 6.92 Å². The summed E-state index contributed by atoms with van der Waals surface area (Å²) in [6.07, 6.45) is 0. The van der Waals surface area contributed by atoms with Crippen LogP contribution in [0, 0.1) is 0 Å². The zero-order chi connectivity index (χ0) is 10.7. The molecule has 0 spiro atoms. The van der Waals surface area contributed by atoms with Gasteiger partial charge in [-0.25, -0.2) is 0 Å². The van der Waals surface area contributed by atoms with Crippen LogP contribution in [-0.2, 0) is 0 Å². The van der Waals surface area contributed by atoms with Gasteiger partial charge in [-0.1, -0.05) is 11.6 Å². The van der Waals surface area contributed by atoms with Crippen LogP contribution in [-0.4, -0.2) is 17.5 Å². The fraction of sp³-hybridized carbons (Fsp3) is 0.250. The average Bonchev–Trinajstić information content (AvgIpc) is 2.11. The van der Waals surface area contributed by atoms with E-state index in [0.29, 0.717) is 6.61 Å². The normalized spacial score (nSPS) is 9.86. The molecule has 0 aliphatic carbocycles. The van der Waals surface area contributed by atoms with Gasteiger partial charge in [0.25, 0.3) is 5.91 Å². The molecule has 0 bridgehead atoms. The van der Waals surface area contributed by atoms with Crippen molar-refractivity contribution in [2.75, 3.05) is 12.3 Å². The predicted octanol–water partition coefficient (Wildman–Crippen LogP) is 0.815. The van der Waals surface area contributed by atoms with Crippen LogP contribution in [0.3, 0.4) is 0 Å². The van der Waals surface area contributed by atoms with E-state index in [1.165, 1.54) is 6.07 Å². The van der Waals surface area contributed by atoms with Crippen molar-refractivity contribution < 1.29 is 9.53 Å². The number of halogens is 1. The van der Waals surface area contributed by atoms with Gasteiger partial charge in [-0.15, -0.1) is 0 Å². The predicted molar refractivity (Wildman–Crippen MR) is 53.3 cm³/mol. The standard InChI is InChI=1S/C8H10ClN3O2/c1-2-14-8-4(7(11)13)3-5(9)6(10)12-8/h3H,2H2,1H3,(H2,10,12)(H2,11,13). The molecule has 1 rings (SSSR count). The number of nitrogens with zero attached hydrogens (tertiary/aromatic N) is 1. The largest absolute Gasteiger partial charge is 0.477 e. The minimum absolute atomic E-state index is 0.111. The molecule has 76 valence electrons. The lowest BCUT2D eigenvalue weighted by molar-refractivity contribution is 0.0996. The third kappa shape index (κ3) is 2.05. The van der Waals surface area contributed by atoms with Gasteiger partial charge in [0.1, 0.15) is 11.4 Å². The summed E-state index contributed by atoms with van der Waals surface area (Å²) in [6, 6.07) is 1.34. The molecular weight excluding hydrogens is 206 g/mol. The Morgan fingerprint density at radius 2 is 2.36 bits per heavy atom. The molecule has 0 radical (unpaired) electrons. The Bertz CT molecular complexity index is 368. The summed E-state index contributed by atoms with van der Waals surface area (Å²) in [5, 5.41) is 0.183. The van der Waals surface area contributed by atoms with Gasteiger partial charge in [0.15, 0.2) is 0 Å². The highest BCUT2D eigenvalue weighted by Gasteiger charge is 2.13. The molecule has 6 heteroatoms. The molecule has 0 fully saturated rings. The van der Waals surface area contributed by atoms with Gasteiger partial charge in [-0.3, -0.25) is 4.79 Å². The summed E-state index contributed by atoms with van der Waals surface area (Å²) < 4.78 is 5.08. The highest BCUT2D eigenvalue weighted by Crippen LogP contribution is 2.24. The van der Waals surface area contributed by atoms with Crippen molar-refractivity contribution in [3.63, 3.8) is 0 Å². The van der Waals surface area contributed by atoms with Crippen LogP contribution in [0.2, 0.25) is 5.02 Å². The van der Waals surface area contributed by atoms with Crippen molar-refractivity contribution in [1.29, 1.82) is 0 Å². The van der Waals surface area contributed by atoms with E-state index in [9.17, 15) is 4.79 Å². The van der Waals surface area contributed by atoms with Crippen LogP contribution < -0.4 is 16.2 Å². The number of nitrogens with two attached hydrogens (primary N) is 2. The molecule has 0 aromatic carbocycles. The van der Waals surface area contributed by atoms with Crippen molar-refractivity contribution in [2.24, 2.45) is 5.73 Å². The van der Waals surface area contributed by atoms with E-state index in [2.05, 4.69) is 4.98 Å². The number of amides is 1. The van der Waals surface area contributed by atoms with Crippen LogP contribution in [0.5, 0.6) is 5.88 Å². The van der Waals surface area contributed by atoms with E-state index >= 15 is 0 Å². The van der Waals surface area contributed by atoms with Crippen molar-refractivity contribution in [3.05, 3.63) is 16.7 Å². The number of primary amides is 1. The van der Waals surface area contributed by atoms with E-state index < -0.39 is 5.91 Å². The Balaban J connectivity index is 3.24. The lowest BCUT2D eigenvalue weighted by Crippen LogP contribution is -2.14. The van der Waals surface area contributed by atoms with Crippen LogP contribution in [0.25, 0.3) is 0 Å². The lowest BCUT2D eigenvalue weighted by atomic mass is 10.2. The number of hydrogen-bond donors (Lipinski definition) is 2. The second-order valence-electron chi connectivity index (χ2n) is 2.51. The second-order valence-corrected chi connectivity index (χ2v) is 2.91. The molecule has 1 aromatic rings. The molecule has 0 aliphatic heterocycles. The van der Waals surface area contributed by atoms with E-state index in [1.54, 1.807) is 6.92 Å². The lowest BCUT2D eigenvalue weighted by Gasteiger charge is -2.07. The van der Waals surface area contributed by atoms with Crippen molar-refractivity contribution >= 4 is 23.3 Å². The Kier molecular flexibility index (Phi) is 3.14. The van der Waals surface area contributed by atoms with Gasteiger partial charge in [-0.2, -0.15) is 4.98 Å². The number of rotatable bonds is 3. The maximum absolute atomic E-state index is 11.0. The van der Waals surface area contributed by atoms with Crippen LogP contribution in [0.1, 0.15) is 17.3 Å². The number of hydrogen-bond acceptors (Lipinski definition) is 4. The first kappa shape index (κ1) is 10.6. The van der Waals surface area contributed by atoms with Gasteiger partial charge in [0.2, 0.25) is 5.88 Å². The maximum Gasteiger partial charge on any atom is 0.254 e. The topological polar surface area (TPSA) is 91.2 Å². The van der Waals surface area contributed by atoms with Gasteiger partial charge >= 0.3 is 0 Å². The molecule has 0 atom stereocenters. The zero-order valence-electron chi connectivity index (χ0n) is 7.58. The maximum atomic E-state index is 11.0. The molecule has 1 aromatic heterocycles. The number of anilines is 1. The van der Waals surface area contributed by atoms with E-state index in [4.69, 9.17) is 27.8 Å². The minimum Gasteiger partial charge on any atom is -0.477 e. The summed E-state index contributed by atoms with van der Waals surface area (Å²) in [5.41, 5.74) is 10.7. The third-order valence-corrected chi connectivity index (χ3v) is 1.82. The summed E-state index contributed by atoms with van der Waals surface area (Å²) in [4.78, 5) is 14.8. The monoisotopic (exact) mass is 215 g/mol. The Hall–Kier alpha value is -1.49. The summed E-state index contributed by atoms with van der Waals surface area (Å²) in [6.45, 7) is 2.13. The Morgan fingerprint density at radius 1 is 1.71 bits per heavy atom. The molecule has 4 N–H and O–H groups in total. The number of carbonyl (C=O) groups is 1. The van der Waals surface area contributed by atoms with Crippen molar-refractivity contribution in [3.8, 4) is 5.88 Å². The summed E-state index contributed by atoms with van der Waals surface area (Å²) in [7, 11) is 0. The highest BCUT2D eigenvalue weighted by atomic mass is 35.5. The minimum atomic E-state index is -0.650. The SMILES string of the molecule is CCOc1nc(N)c(Cl)cc1C(N)=O. The third-order valence-electron chi connectivity index (χ3n) is 1.51. The molecular formula is C8H10ClN3O2. The van der Waals surface area contributed by atoms with Gasteiger partial charge in [0, 0.05) is 0 Å². The van der Waals surface area contributed by atoms with E-state index in [-0.39, 0.29) is 22.3 Å². The Morgan fingerprint density at radius 3 is 2.86 bits per heavy atom. The number of carbonyl (C=O) groups excluding carboxylic acids is 1. The molecule has 0 unspecified atom stereocenters. The van der Waals surface area contributed by atoms with E-state index in [1.807, 2.05) is 0 Å². The first-order valence-electron chi connectivity index (χ1n) is 3.94. The second kappa shape index (κ2) is 4.15. The van der Waals surface area contributed by atoms with Gasteiger partial charge in [-0.05, 0) is 13.0 Å². The first-order chi connectivity index (χ1) is 6.56. The Labute approximate surface area is 86.0 Å². The van der Waals surface area contributed by atoms with Gasteiger partial charge < -0.3 is 16.2 Å². The quantitative estimate of drug-likeness (QED) is 0.781. The van der Waals surface area contributed by atoms with E-state index in [0.717, 1.165) is 0 Å². The number of aromatic nitrogens is 1. The number of ether oxygens (including phenoxy) is 1. The molecule has 14 heavy (non-hydrogen) atoms. The molecule has 1 heterocycles. The highest BCUT2D eigenvalue weighted by molar-refractivity contribution is 6.33. The van der Waals surface area contributed by atoms with Crippen LogP contribution >= 0.6 is 11.6 Å². The fourth-order valence-corrected chi connectivity index (χ4v) is 1.06. The number of pyridine rings is 1. The smallest absolute Gasteiger partial charge is 0.254 e. The average molecular weight is 216 g/mol. The summed E-state index contributed by atoms with van der Waals surface area (Å²) >= 11 is 5.68. The first-order valence-corrected chi connectivity index (χ1v) is 4.32. The molecule has 0 saturated carbocycles. The van der Waals surface area contributed by atoms with Gasteiger partial charge in [0.05, 0.1) is 11.6 Å². The summed E-state index contributed by atoms with van der Waals surface area (Å²) in [5.74, 6) is -0.426.